The van der Waals surface area contributed by atoms with Crippen LogP contribution in [0.15, 0.2) is 72.9 Å². The number of carbonyl (C=O) groups is 1. The maximum Gasteiger partial charge on any atom is 0.318 e. The summed E-state index contributed by atoms with van der Waals surface area (Å²) in [5.74, 6) is 0.992. The predicted octanol–water partition coefficient (Wildman–Crippen LogP) is 5.58. The number of ether oxygens (including phenoxy) is 1. The fourth-order valence-corrected chi connectivity index (χ4v) is 5.06. The number of amides is 2. The number of carbonyl (C=O) groups excluding carboxylic acids is 1. The van der Waals surface area contributed by atoms with Gasteiger partial charge in [-0.1, -0.05) is 55.0 Å². The van der Waals surface area contributed by atoms with E-state index in [2.05, 4.69) is 78.5 Å². The Morgan fingerprint density at radius 1 is 1.05 bits per heavy atom. The molecule has 192 valence electrons. The molecule has 3 heterocycles. The molecule has 2 amide bonds. The first-order valence-corrected chi connectivity index (χ1v) is 13.1. The second-order valence-corrected chi connectivity index (χ2v) is 9.38. The smallest absolute Gasteiger partial charge is 0.318 e. The van der Waals surface area contributed by atoms with Crippen LogP contribution in [0.3, 0.4) is 0 Å². The number of hydrogen-bond donors (Lipinski definition) is 1. The number of hydrogen-bond acceptors (Lipinski definition) is 3. The number of nitrogens with zero attached hydrogens (tertiary/aromatic N) is 4. The first-order chi connectivity index (χ1) is 18.1. The van der Waals surface area contributed by atoms with E-state index >= 15 is 0 Å². The van der Waals surface area contributed by atoms with Crippen LogP contribution in [0.1, 0.15) is 54.4 Å². The van der Waals surface area contributed by atoms with E-state index in [4.69, 9.17) is 9.84 Å². The monoisotopic (exact) mass is 497 g/mol. The first-order valence-electron chi connectivity index (χ1n) is 13.1. The molecule has 7 heteroatoms. The van der Waals surface area contributed by atoms with Crippen molar-refractivity contribution < 1.29 is 9.53 Å². The molecule has 1 atom stereocenters. The van der Waals surface area contributed by atoms with Crippen LogP contribution >= 0.6 is 0 Å². The molecular weight excluding hydrogens is 462 g/mol. The highest BCUT2D eigenvalue weighted by Crippen LogP contribution is 2.38. The predicted molar refractivity (Wildman–Crippen MR) is 145 cm³/mol. The van der Waals surface area contributed by atoms with Gasteiger partial charge in [-0.2, -0.15) is 5.10 Å². The first kappa shape index (κ1) is 24.8. The van der Waals surface area contributed by atoms with Gasteiger partial charge in [0.1, 0.15) is 5.82 Å². The molecule has 2 aromatic heterocycles. The third-order valence-electron chi connectivity index (χ3n) is 6.90. The Morgan fingerprint density at radius 2 is 1.84 bits per heavy atom. The highest BCUT2D eigenvalue weighted by Gasteiger charge is 2.36. The molecule has 1 aliphatic rings. The Bertz CT molecular complexity index is 1340. The molecule has 1 aliphatic heterocycles. The van der Waals surface area contributed by atoms with Crippen LogP contribution < -0.4 is 5.32 Å². The van der Waals surface area contributed by atoms with Crippen molar-refractivity contribution in [2.24, 2.45) is 0 Å². The van der Waals surface area contributed by atoms with Gasteiger partial charge in [0, 0.05) is 31.5 Å². The van der Waals surface area contributed by atoms with E-state index in [1.807, 2.05) is 34.7 Å². The lowest BCUT2D eigenvalue weighted by Crippen LogP contribution is -2.42. The highest BCUT2D eigenvalue weighted by molar-refractivity contribution is 5.76. The molecule has 0 spiro atoms. The van der Waals surface area contributed by atoms with Crippen molar-refractivity contribution in [3.8, 4) is 11.5 Å². The largest absolute Gasteiger partial charge is 0.382 e. The lowest BCUT2D eigenvalue weighted by atomic mass is 10.0. The van der Waals surface area contributed by atoms with Crippen LogP contribution in [0, 0.1) is 6.92 Å². The Balaban J connectivity index is 1.63. The summed E-state index contributed by atoms with van der Waals surface area (Å²) in [6.45, 7) is 8.52. The van der Waals surface area contributed by atoms with Crippen LogP contribution in [-0.4, -0.2) is 45.0 Å². The van der Waals surface area contributed by atoms with E-state index in [-0.39, 0.29) is 12.1 Å². The lowest BCUT2D eigenvalue weighted by molar-refractivity contribution is 0.143. The Kier molecular flexibility index (Phi) is 7.42. The molecule has 4 aromatic rings. The standard InChI is InChI=1S/C30H35N5O2/c1-4-26-25-21-34(30(36)31-18-10-20-37-5-2)28(23-16-14-22(3)15-17-23)27-13-9-19-33(27)29(25)35(32-26)24-11-7-6-8-12-24/h6-9,11-17,19,28H,4-5,10,18,20-21H2,1-3H3,(H,31,36). The van der Waals surface area contributed by atoms with Crippen molar-refractivity contribution in [3.05, 3.63) is 101 Å². The zero-order chi connectivity index (χ0) is 25.8. The summed E-state index contributed by atoms with van der Waals surface area (Å²) in [5.41, 5.74) is 6.37. The van der Waals surface area contributed by atoms with Crippen molar-refractivity contribution >= 4 is 6.03 Å². The van der Waals surface area contributed by atoms with Gasteiger partial charge in [-0.3, -0.25) is 0 Å². The normalized spacial score (nSPS) is 14.7. The minimum absolute atomic E-state index is 0.0859. The van der Waals surface area contributed by atoms with Gasteiger partial charge in [-0.25, -0.2) is 9.48 Å². The third-order valence-corrected chi connectivity index (χ3v) is 6.90. The number of benzene rings is 2. The Labute approximate surface area is 218 Å². The molecule has 0 aliphatic carbocycles. The van der Waals surface area contributed by atoms with Gasteiger partial charge in [-0.05, 0) is 56.5 Å². The topological polar surface area (TPSA) is 64.3 Å². The van der Waals surface area contributed by atoms with E-state index in [1.165, 1.54) is 5.56 Å². The summed E-state index contributed by atoms with van der Waals surface area (Å²) in [6, 6.07) is 22.5. The molecule has 0 bridgehead atoms. The fourth-order valence-electron chi connectivity index (χ4n) is 5.06. The van der Waals surface area contributed by atoms with Crippen LogP contribution in [0.5, 0.6) is 0 Å². The molecule has 0 radical (unpaired) electrons. The molecule has 1 unspecified atom stereocenters. The molecule has 0 saturated carbocycles. The van der Waals surface area contributed by atoms with Crippen LogP contribution in [-0.2, 0) is 17.7 Å². The lowest BCUT2D eigenvalue weighted by Gasteiger charge is -2.31. The van der Waals surface area contributed by atoms with E-state index in [1.54, 1.807) is 0 Å². The summed E-state index contributed by atoms with van der Waals surface area (Å²) >= 11 is 0. The number of aromatic nitrogens is 3. The number of fused-ring (bicyclic) bond motifs is 3. The molecule has 0 saturated heterocycles. The molecule has 7 nitrogen and oxygen atoms in total. The second-order valence-electron chi connectivity index (χ2n) is 9.38. The van der Waals surface area contributed by atoms with Gasteiger partial charge < -0.3 is 19.5 Å². The van der Waals surface area contributed by atoms with E-state index in [0.717, 1.165) is 46.9 Å². The average molecular weight is 498 g/mol. The molecule has 5 rings (SSSR count). The number of nitrogens with one attached hydrogen (secondary N) is 1. The van der Waals surface area contributed by atoms with Gasteiger partial charge >= 0.3 is 6.03 Å². The van der Waals surface area contributed by atoms with E-state index in [9.17, 15) is 4.79 Å². The molecule has 37 heavy (non-hydrogen) atoms. The summed E-state index contributed by atoms with van der Waals surface area (Å²) < 4.78 is 9.69. The maximum atomic E-state index is 13.8. The van der Waals surface area contributed by atoms with Gasteiger partial charge in [-0.15, -0.1) is 0 Å². The molecule has 1 N–H and O–H groups in total. The fraction of sp³-hybridized carbons (Fsp3) is 0.333. The molecule has 0 fully saturated rings. The average Bonchev–Trinajstić information content (AvgIpc) is 3.51. The SMILES string of the molecule is CCOCCCNC(=O)N1Cc2c(CC)nn(-c3ccccc3)c2-n2cccc2C1c1ccc(C)cc1. The number of para-hydroxylation sites is 1. The summed E-state index contributed by atoms with van der Waals surface area (Å²) in [4.78, 5) is 15.7. The highest BCUT2D eigenvalue weighted by atomic mass is 16.5. The number of urea groups is 1. The quantitative estimate of drug-likeness (QED) is 0.324. The Hall–Kier alpha value is -3.84. The van der Waals surface area contributed by atoms with Crippen LogP contribution in [0.2, 0.25) is 0 Å². The summed E-state index contributed by atoms with van der Waals surface area (Å²) in [6.07, 6.45) is 3.63. The van der Waals surface area contributed by atoms with Crippen molar-refractivity contribution in [2.75, 3.05) is 19.8 Å². The summed E-state index contributed by atoms with van der Waals surface area (Å²) in [5, 5.41) is 8.17. The molecular formula is C30H35N5O2. The zero-order valence-electron chi connectivity index (χ0n) is 21.9. The van der Waals surface area contributed by atoms with Gasteiger partial charge in [0.15, 0.2) is 0 Å². The number of rotatable bonds is 8. The van der Waals surface area contributed by atoms with Crippen molar-refractivity contribution in [2.45, 2.75) is 46.2 Å². The van der Waals surface area contributed by atoms with Crippen molar-refractivity contribution in [1.82, 2.24) is 24.6 Å². The summed E-state index contributed by atoms with van der Waals surface area (Å²) in [7, 11) is 0. The van der Waals surface area contributed by atoms with E-state index in [0.29, 0.717) is 26.3 Å². The Morgan fingerprint density at radius 3 is 2.57 bits per heavy atom. The van der Waals surface area contributed by atoms with Gasteiger partial charge in [0.2, 0.25) is 0 Å². The third kappa shape index (κ3) is 4.91. The minimum atomic E-state index is -0.246. The van der Waals surface area contributed by atoms with Crippen LogP contribution in [0.25, 0.3) is 11.5 Å². The molecule has 2 aromatic carbocycles. The van der Waals surface area contributed by atoms with Gasteiger partial charge in [0.25, 0.3) is 0 Å². The van der Waals surface area contributed by atoms with E-state index < -0.39 is 0 Å². The second kappa shape index (κ2) is 11.0. The number of aryl methyl sites for hydroxylation is 2. The minimum Gasteiger partial charge on any atom is -0.382 e. The zero-order valence-corrected chi connectivity index (χ0v) is 21.9. The van der Waals surface area contributed by atoms with Gasteiger partial charge in [0.05, 0.1) is 29.7 Å². The van der Waals surface area contributed by atoms with Crippen molar-refractivity contribution in [3.63, 3.8) is 0 Å². The van der Waals surface area contributed by atoms with Crippen molar-refractivity contribution in [1.29, 1.82) is 0 Å². The van der Waals surface area contributed by atoms with Crippen LogP contribution in [0.4, 0.5) is 4.79 Å². The maximum absolute atomic E-state index is 13.8.